The summed E-state index contributed by atoms with van der Waals surface area (Å²) in [5, 5.41) is 3.48. The van der Waals surface area contributed by atoms with Gasteiger partial charge in [-0.1, -0.05) is 69.5 Å². The molecule has 1 aliphatic rings. The minimum Gasteiger partial charge on any atom is -0.320 e. The third kappa shape index (κ3) is 4.07. The van der Waals surface area contributed by atoms with Crippen LogP contribution in [0.5, 0.6) is 0 Å². The van der Waals surface area contributed by atoms with Gasteiger partial charge >= 0.3 is 0 Å². The van der Waals surface area contributed by atoms with Crippen molar-refractivity contribution < 1.29 is 4.79 Å². The zero-order chi connectivity index (χ0) is 22.2. The molecule has 1 N–H and O–H groups in total. The number of nitrogens with zero attached hydrogens (tertiary/aromatic N) is 3. The molecule has 0 saturated carbocycles. The molecule has 1 aliphatic heterocycles. The highest BCUT2D eigenvalue weighted by atomic mass is 79.9. The topological polar surface area (TPSA) is 67.2 Å². The average Bonchev–Trinajstić information content (AvgIpc) is 3.09. The molecule has 32 heavy (non-hydrogen) atoms. The molecule has 0 bridgehead atoms. The van der Waals surface area contributed by atoms with E-state index >= 15 is 0 Å². The first-order valence-electron chi connectivity index (χ1n) is 9.88. The third-order valence-electron chi connectivity index (χ3n) is 5.11. The number of fused-ring (bicyclic) bond motifs is 1. The molecule has 0 unspecified atom stereocenters. The van der Waals surface area contributed by atoms with Crippen LogP contribution in [0.1, 0.15) is 11.1 Å². The van der Waals surface area contributed by atoms with Gasteiger partial charge in [-0.2, -0.15) is 0 Å². The lowest BCUT2D eigenvalue weighted by molar-refractivity contribution is -0.110. The van der Waals surface area contributed by atoms with Crippen LogP contribution in [0.3, 0.4) is 0 Å². The van der Waals surface area contributed by atoms with E-state index in [-0.39, 0.29) is 17.6 Å². The summed E-state index contributed by atoms with van der Waals surface area (Å²) in [5.74, 6) is -0.0681. The molecule has 0 atom stereocenters. The summed E-state index contributed by atoms with van der Waals surface area (Å²) in [6.07, 6.45) is 0. The predicted molar refractivity (Wildman–Crippen MR) is 132 cm³/mol. The maximum absolute atomic E-state index is 12.6. The van der Waals surface area contributed by atoms with Crippen LogP contribution in [-0.2, 0) is 4.79 Å². The Morgan fingerprint density at radius 1 is 0.875 bits per heavy atom. The van der Waals surface area contributed by atoms with E-state index in [1.54, 1.807) is 0 Å². The summed E-state index contributed by atoms with van der Waals surface area (Å²) >= 11 is 9.52. The number of anilines is 1. The standard InChI is InChI=1S/C25H16BrClN4O/c1-14-2-4-15(5-3-14)21-13-22(16-6-9-18(27)10-7-16)30-25(29-21)31-23-19-12-17(26)8-11-20(19)28-24(23)32/h2-13H,1H3,(H,28,29,30,31,32). The number of hydrogen-bond acceptors (Lipinski definition) is 4. The Hall–Kier alpha value is -3.35. The fraction of sp³-hybridized carbons (Fsp3) is 0.0400. The van der Waals surface area contributed by atoms with Gasteiger partial charge in [-0.3, -0.25) is 4.79 Å². The van der Waals surface area contributed by atoms with E-state index in [2.05, 4.69) is 36.2 Å². The lowest BCUT2D eigenvalue weighted by atomic mass is 10.1. The Morgan fingerprint density at radius 3 is 2.16 bits per heavy atom. The molecule has 5 rings (SSSR count). The van der Waals surface area contributed by atoms with Crippen molar-refractivity contribution in [3.05, 3.63) is 93.4 Å². The smallest absolute Gasteiger partial charge is 0.275 e. The van der Waals surface area contributed by atoms with Crippen molar-refractivity contribution in [3.63, 3.8) is 0 Å². The number of benzene rings is 3. The predicted octanol–water partition coefficient (Wildman–Crippen LogP) is 6.61. The van der Waals surface area contributed by atoms with Gasteiger partial charge in [0.15, 0.2) is 0 Å². The van der Waals surface area contributed by atoms with Gasteiger partial charge in [0.05, 0.1) is 17.1 Å². The molecule has 4 aromatic rings. The van der Waals surface area contributed by atoms with Crippen LogP contribution in [0.4, 0.5) is 11.6 Å². The average molecular weight is 504 g/mol. The van der Waals surface area contributed by atoms with Crippen LogP contribution in [0, 0.1) is 6.92 Å². The third-order valence-corrected chi connectivity index (χ3v) is 5.86. The maximum atomic E-state index is 12.6. The zero-order valence-electron chi connectivity index (χ0n) is 16.9. The SMILES string of the molecule is Cc1ccc(-c2cc(-c3ccc(Cl)cc3)nc(/N=C3\C(=O)Nc4ccc(Br)cc43)n2)cc1. The number of nitrogens with one attached hydrogen (secondary N) is 1. The Balaban J connectivity index is 1.67. The highest BCUT2D eigenvalue weighted by molar-refractivity contribution is 9.10. The van der Waals surface area contributed by atoms with Gasteiger partial charge in [0.1, 0.15) is 5.71 Å². The lowest BCUT2D eigenvalue weighted by Gasteiger charge is -2.08. The van der Waals surface area contributed by atoms with E-state index in [0.29, 0.717) is 22.0 Å². The van der Waals surface area contributed by atoms with Gasteiger partial charge in [0.25, 0.3) is 11.9 Å². The van der Waals surface area contributed by atoms with Crippen molar-refractivity contribution in [1.29, 1.82) is 0 Å². The minimum atomic E-state index is -0.282. The second-order valence-corrected chi connectivity index (χ2v) is 8.77. The lowest BCUT2D eigenvalue weighted by Crippen LogP contribution is -2.14. The zero-order valence-corrected chi connectivity index (χ0v) is 19.3. The highest BCUT2D eigenvalue weighted by Gasteiger charge is 2.26. The minimum absolute atomic E-state index is 0.214. The largest absolute Gasteiger partial charge is 0.320 e. The van der Waals surface area contributed by atoms with Gasteiger partial charge in [-0.15, -0.1) is 0 Å². The number of carbonyl (C=O) groups is 1. The first-order chi connectivity index (χ1) is 15.5. The fourth-order valence-electron chi connectivity index (χ4n) is 3.46. The van der Waals surface area contributed by atoms with Crippen LogP contribution in [0.15, 0.2) is 82.3 Å². The molecule has 1 aromatic heterocycles. The Bertz CT molecular complexity index is 1320. The number of aromatic nitrogens is 2. The Kier molecular flexibility index (Phi) is 5.33. The number of aliphatic imine (C=N–C) groups is 1. The fourth-order valence-corrected chi connectivity index (χ4v) is 3.95. The van der Waals surface area contributed by atoms with Crippen LogP contribution in [0.2, 0.25) is 5.02 Å². The van der Waals surface area contributed by atoms with Crippen molar-refractivity contribution in [1.82, 2.24) is 9.97 Å². The van der Waals surface area contributed by atoms with Gasteiger partial charge < -0.3 is 5.32 Å². The molecule has 3 aromatic carbocycles. The summed E-state index contributed by atoms with van der Waals surface area (Å²) in [6.45, 7) is 2.04. The number of carbonyl (C=O) groups excluding carboxylic acids is 1. The van der Waals surface area contributed by atoms with Gasteiger partial charge in [0, 0.05) is 26.2 Å². The molecule has 0 aliphatic carbocycles. The molecular weight excluding hydrogens is 488 g/mol. The maximum Gasteiger partial charge on any atom is 0.275 e. The van der Waals surface area contributed by atoms with Crippen LogP contribution in [0.25, 0.3) is 22.5 Å². The Labute approximate surface area is 198 Å². The molecule has 5 nitrogen and oxygen atoms in total. The summed E-state index contributed by atoms with van der Waals surface area (Å²) in [7, 11) is 0. The first kappa shape index (κ1) is 20.5. The summed E-state index contributed by atoms with van der Waals surface area (Å²) in [5.41, 5.74) is 6.10. The second-order valence-electron chi connectivity index (χ2n) is 7.42. The summed E-state index contributed by atoms with van der Waals surface area (Å²) in [6, 6.07) is 23.0. The van der Waals surface area contributed by atoms with Crippen LogP contribution < -0.4 is 5.32 Å². The van der Waals surface area contributed by atoms with Crippen LogP contribution >= 0.6 is 27.5 Å². The molecule has 0 saturated heterocycles. The normalized spacial score (nSPS) is 13.8. The molecule has 2 heterocycles. The number of amides is 1. The second kappa shape index (κ2) is 8.30. The summed E-state index contributed by atoms with van der Waals surface area (Å²) < 4.78 is 0.858. The van der Waals surface area contributed by atoms with E-state index < -0.39 is 0 Å². The number of hydrogen-bond donors (Lipinski definition) is 1. The number of aryl methyl sites for hydroxylation is 1. The van der Waals surface area contributed by atoms with Crippen molar-refractivity contribution in [3.8, 4) is 22.5 Å². The molecule has 0 radical (unpaired) electrons. The molecule has 0 fully saturated rings. The highest BCUT2D eigenvalue weighted by Crippen LogP contribution is 2.30. The van der Waals surface area contributed by atoms with E-state index in [9.17, 15) is 4.79 Å². The van der Waals surface area contributed by atoms with E-state index in [1.807, 2.05) is 79.7 Å². The number of halogens is 2. The van der Waals surface area contributed by atoms with E-state index in [1.165, 1.54) is 0 Å². The van der Waals surface area contributed by atoms with Crippen molar-refractivity contribution in [2.24, 2.45) is 4.99 Å². The van der Waals surface area contributed by atoms with Gasteiger partial charge in [0.2, 0.25) is 0 Å². The van der Waals surface area contributed by atoms with Gasteiger partial charge in [-0.25, -0.2) is 15.0 Å². The van der Waals surface area contributed by atoms with E-state index in [0.717, 1.165) is 26.9 Å². The quantitative estimate of drug-likeness (QED) is 0.342. The van der Waals surface area contributed by atoms with Crippen LogP contribution in [-0.4, -0.2) is 21.6 Å². The first-order valence-corrected chi connectivity index (χ1v) is 11.1. The molecule has 0 spiro atoms. The molecule has 156 valence electrons. The van der Waals surface area contributed by atoms with Crippen molar-refractivity contribution >= 4 is 50.8 Å². The van der Waals surface area contributed by atoms with Crippen molar-refractivity contribution in [2.45, 2.75) is 6.92 Å². The van der Waals surface area contributed by atoms with E-state index in [4.69, 9.17) is 11.6 Å². The Morgan fingerprint density at radius 2 is 1.50 bits per heavy atom. The molecule has 1 amide bonds. The van der Waals surface area contributed by atoms with Crippen molar-refractivity contribution in [2.75, 3.05) is 5.32 Å². The summed E-state index contributed by atoms with van der Waals surface area (Å²) in [4.78, 5) is 26.5. The molecule has 7 heteroatoms. The monoisotopic (exact) mass is 502 g/mol. The molecular formula is C25H16BrClN4O. The number of rotatable bonds is 3. The van der Waals surface area contributed by atoms with Gasteiger partial charge in [-0.05, 0) is 43.3 Å².